The minimum absolute atomic E-state index is 0.0906. The van der Waals surface area contributed by atoms with Gasteiger partial charge in [-0.3, -0.25) is 9.48 Å². The summed E-state index contributed by atoms with van der Waals surface area (Å²) >= 11 is 0. The zero-order valence-electron chi connectivity index (χ0n) is 10.0. The van der Waals surface area contributed by atoms with Gasteiger partial charge in [-0.1, -0.05) is 0 Å². The van der Waals surface area contributed by atoms with Crippen LogP contribution in [-0.2, 0) is 7.05 Å². The van der Waals surface area contributed by atoms with E-state index in [-0.39, 0.29) is 5.91 Å². The van der Waals surface area contributed by atoms with Crippen LogP contribution in [0.1, 0.15) is 21.7 Å². The molecule has 0 spiro atoms. The molecular weight excluding hydrogens is 204 g/mol. The van der Waals surface area contributed by atoms with Crippen LogP contribution in [0.4, 0.5) is 0 Å². The fourth-order valence-corrected chi connectivity index (χ4v) is 2.13. The molecule has 1 amide bonds. The van der Waals surface area contributed by atoms with Crippen LogP contribution >= 0.6 is 0 Å². The lowest BCUT2D eigenvalue weighted by Crippen LogP contribution is -2.52. The van der Waals surface area contributed by atoms with Gasteiger partial charge in [-0.25, -0.2) is 0 Å². The van der Waals surface area contributed by atoms with Crippen LogP contribution in [-0.4, -0.2) is 40.2 Å². The van der Waals surface area contributed by atoms with Crippen LogP contribution in [0.25, 0.3) is 0 Å². The fourth-order valence-electron chi connectivity index (χ4n) is 2.13. The van der Waals surface area contributed by atoms with Crippen molar-refractivity contribution < 1.29 is 4.79 Å². The molecule has 88 valence electrons. The zero-order valence-corrected chi connectivity index (χ0v) is 10.0. The van der Waals surface area contributed by atoms with E-state index < -0.39 is 0 Å². The number of nitrogens with zero attached hydrogens (tertiary/aromatic N) is 3. The molecule has 1 saturated heterocycles. The number of likely N-dealkylation sites (tertiary alicyclic amines) is 1. The third-order valence-electron chi connectivity index (χ3n) is 3.30. The first-order valence-electron chi connectivity index (χ1n) is 5.54. The van der Waals surface area contributed by atoms with Crippen LogP contribution in [0.2, 0.25) is 0 Å². The molecule has 1 aliphatic rings. The number of hydrogen-bond acceptors (Lipinski definition) is 3. The van der Waals surface area contributed by atoms with Gasteiger partial charge in [0.25, 0.3) is 5.91 Å². The second kappa shape index (κ2) is 3.90. The van der Waals surface area contributed by atoms with Crippen molar-refractivity contribution in [3.8, 4) is 0 Å². The normalized spacial score (nSPS) is 16.4. The Morgan fingerprint density at radius 1 is 1.50 bits per heavy atom. The number of carbonyl (C=O) groups is 1. The molecule has 2 N–H and O–H groups in total. The lowest BCUT2D eigenvalue weighted by atomic mass is 9.99. The second-order valence-electron chi connectivity index (χ2n) is 4.48. The van der Waals surface area contributed by atoms with Crippen molar-refractivity contribution in [3.63, 3.8) is 0 Å². The van der Waals surface area contributed by atoms with Gasteiger partial charge in [0.1, 0.15) is 0 Å². The monoisotopic (exact) mass is 222 g/mol. The van der Waals surface area contributed by atoms with Gasteiger partial charge in [0.15, 0.2) is 0 Å². The molecule has 1 fully saturated rings. The molecule has 5 heteroatoms. The van der Waals surface area contributed by atoms with Crippen molar-refractivity contribution in [2.75, 3.05) is 19.6 Å². The van der Waals surface area contributed by atoms with E-state index in [4.69, 9.17) is 5.73 Å². The van der Waals surface area contributed by atoms with Crippen LogP contribution < -0.4 is 5.73 Å². The summed E-state index contributed by atoms with van der Waals surface area (Å²) in [5.74, 6) is 0.564. The highest BCUT2D eigenvalue weighted by Gasteiger charge is 2.32. The summed E-state index contributed by atoms with van der Waals surface area (Å²) in [4.78, 5) is 14.0. The SMILES string of the molecule is Cc1nn(C)c(C)c1C(=O)N1CC(CN)C1. The number of rotatable bonds is 2. The Balaban J connectivity index is 2.16. The van der Waals surface area contributed by atoms with E-state index in [0.717, 1.165) is 30.0 Å². The minimum atomic E-state index is 0.0906. The van der Waals surface area contributed by atoms with E-state index in [0.29, 0.717) is 12.5 Å². The third-order valence-corrected chi connectivity index (χ3v) is 3.30. The van der Waals surface area contributed by atoms with Crippen molar-refractivity contribution in [2.45, 2.75) is 13.8 Å². The van der Waals surface area contributed by atoms with Gasteiger partial charge in [-0.05, 0) is 20.4 Å². The molecular formula is C11H18N4O. The highest BCUT2D eigenvalue weighted by atomic mass is 16.2. The second-order valence-corrected chi connectivity index (χ2v) is 4.48. The lowest BCUT2D eigenvalue weighted by Gasteiger charge is -2.38. The molecule has 5 nitrogen and oxygen atoms in total. The number of hydrogen-bond donors (Lipinski definition) is 1. The van der Waals surface area contributed by atoms with Gasteiger partial charge in [0.05, 0.1) is 11.3 Å². The Bertz CT molecular complexity index is 418. The van der Waals surface area contributed by atoms with E-state index in [2.05, 4.69) is 5.10 Å². The Morgan fingerprint density at radius 2 is 2.12 bits per heavy atom. The molecule has 0 radical (unpaired) electrons. The highest BCUT2D eigenvalue weighted by Crippen LogP contribution is 2.21. The fraction of sp³-hybridized carbons (Fsp3) is 0.636. The molecule has 0 unspecified atom stereocenters. The predicted octanol–water partition coefficient (Wildman–Crippen LogP) is 0.0676. The Kier molecular flexibility index (Phi) is 2.71. The molecule has 2 rings (SSSR count). The molecule has 0 bridgehead atoms. The van der Waals surface area contributed by atoms with Crippen molar-refractivity contribution in [1.29, 1.82) is 0 Å². The van der Waals surface area contributed by atoms with E-state index in [1.165, 1.54) is 0 Å². The molecule has 1 aliphatic heterocycles. The number of amides is 1. The smallest absolute Gasteiger partial charge is 0.257 e. The van der Waals surface area contributed by atoms with Crippen LogP contribution in [0.3, 0.4) is 0 Å². The standard InChI is InChI=1S/C11H18N4O/c1-7-10(8(2)14(3)13-7)11(16)15-5-9(4-12)6-15/h9H,4-6,12H2,1-3H3. The minimum Gasteiger partial charge on any atom is -0.338 e. The molecule has 0 atom stereocenters. The van der Waals surface area contributed by atoms with Gasteiger partial charge in [0, 0.05) is 31.7 Å². The number of aromatic nitrogens is 2. The highest BCUT2D eigenvalue weighted by molar-refractivity contribution is 5.96. The summed E-state index contributed by atoms with van der Waals surface area (Å²) in [6, 6.07) is 0. The van der Waals surface area contributed by atoms with E-state index in [1.54, 1.807) is 4.68 Å². The Hall–Kier alpha value is -1.36. The van der Waals surface area contributed by atoms with Gasteiger partial charge in [-0.15, -0.1) is 0 Å². The topological polar surface area (TPSA) is 64.2 Å². The average Bonchev–Trinajstić information content (AvgIpc) is 2.39. The number of carbonyl (C=O) groups excluding carboxylic acids is 1. The molecule has 0 saturated carbocycles. The first kappa shape index (κ1) is 11.1. The molecule has 1 aromatic heterocycles. The van der Waals surface area contributed by atoms with E-state index >= 15 is 0 Å². The maximum Gasteiger partial charge on any atom is 0.257 e. The first-order valence-corrected chi connectivity index (χ1v) is 5.54. The first-order chi connectivity index (χ1) is 7.54. The number of nitrogens with two attached hydrogens (primary N) is 1. The van der Waals surface area contributed by atoms with Crippen molar-refractivity contribution in [1.82, 2.24) is 14.7 Å². The summed E-state index contributed by atoms with van der Waals surface area (Å²) in [7, 11) is 1.86. The van der Waals surface area contributed by atoms with Crippen LogP contribution in [0, 0.1) is 19.8 Å². The maximum absolute atomic E-state index is 12.2. The molecule has 0 aromatic carbocycles. The molecule has 16 heavy (non-hydrogen) atoms. The average molecular weight is 222 g/mol. The van der Waals surface area contributed by atoms with Gasteiger partial charge in [0.2, 0.25) is 0 Å². The number of aryl methyl sites for hydroxylation is 2. The van der Waals surface area contributed by atoms with Crippen molar-refractivity contribution in [3.05, 3.63) is 17.0 Å². The van der Waals surface area contributed by atoms with E-state index in [1.807, 2.05) is 25.8 Å². The predicted molar refractivity (Wildman–Crippen MR) is 61.1 cm³/mol. The van der Waals surface area contributed by atoms with Crippen molar-refractivity contribution >= 4 is 5.91 Å². The van der Waals surface area contributed by atoms with Gasteiger partial charge < -0.3 is 10.6 Å². The maximum atomic E-state index is 12.2. The molecule has 0 aliphatic carbocycles. The van der Waals surface area contributed by atoms with Crippen LogP contribution in [0.5, 0.6) is 0 Å². The largest absolute Gasteiger partial charge is 0.338 e. The summed E-state index contributed by atoms with van der Waals surface area (Å²) in [5.41, 5.74) is 8.03. The Labute approximate surface area is 95.2 Å². The van der Waals surface area contributed by atoms with Crippen LogP contribution in [0.15, 0.2) is 0 Å². The summed E-state index contributed by atoms with van der Waals surface area (Å²) in [6.45, 7) is 6.02. The molecule has 2 heterocycles. The zero-order chi connectivity index (χ0) is 11.9. The van der Waals surface area contributed by atoms with Gasteiger partial charge in [-0.2, -0.15) is 5.10 Å². The van der Waals surface area contributed by atoms with Gasteiger partial charge >= 0.3 is 0 Å². The summed E-state index contributed by atoms with van der Waals surface area (Å²) in [5, 5.41) is 4.26. The Morgan fingerprint density at radius 3 is 2.56 bits per heavy atom. The summed E-state index contributed by atoms with van der Waals surface area (Å²) in [6.07, 6.45) is 0. The quantitative estimate of drug-likeness (QED) is 0.770. The summed E-state index contributed by atoms with van der Waals surface area (Å²) < 4.78 is 1.75. The third kappa shape index (κ3) is 1.61. The van der Waals surface area contributed by atoms with E-state index in [9.17, 15) is 4.79 Å². The molecule has 1 aromatic rings. The van der Waals surface area contributed by atoms with Crippen molar-refractivity contribution in [2.24, 2.45) is 18.7 Å². The lowest BCUT2D eigenvalue weighted by molar-refractivity contribution is 0.0514.